The number of hydrogen-bond acceptors (Lipinski definition) is 5. The summed E-state index contributed by atoms with van der Waals surface area (Å²) in [4.78, 5) is 22.2. The average molecular weight is 325 g/mol. The maximum atomic E-state index is 11.2. The number of nitrogens with zero attached hydrogens (tertiary/aromatic N) is 2. The van der Waals surface area contributed by atoms with Crippen LogP contribution in [0.25, 0.3) is 11.3 Å². The number of ether oxygens (including phenoxy) is 1. The lowest BCUT2D eigenvalue weighted by atomic mass is 10.1. The van der Waals surface area contributed by atoms with E-state index in [4.69, 9.17) is 10.5 Å². The lowest BCUT2D eigenvalue weighted by Gasteiger charge is -2.06. The van der Waals surface area contributed by atoms with Gasteiger partial charge in [0.05, 0.1) is 0 Å². The van der Waals surface area contributed by atoms with Gasteiger partial charge in [-0.2, -0.15) is 15.4 Å². The molecule has 0 saturated carbocycles. The molecule has 1 heterocycles. The van der Waals surface area contributed by atoms with Gasteiger partial charge in [0.25, 0.3) is 5.91 Å². The van der Waals surface area contributed by atoms with Gasteiger partial charge in [-0.05, 0) is 18.2 Å². The molecular formula is C11H9BrN4O3. The van der Waals surface area contributed by atoms with Crippen molar-refractivity contribution in [3.63, 3.8) is 0 Å². The normalized spacial score (nSPS) is 10.2. The molecule has 2 rings (SSSR count). The van der Waals surface area contributed by atoms with E-state index in [1.54, 1.807) is 18.2 Å². The largest absolute Gasteiger partial charge is 0.427 e. The molecule has 8 heteroatoms. The highest BCUT2D eigenvalue weighted by Gasteiger charge is 2.18. The Labute approximate surface area is 116 Å². The average Bonchev–Trinajstić information content (AvgIpc) is 2.80. The highest BCUT2D eigenvalue weighted by Crippen LogP contribution is 2.31. The second-order valence-electron chi connectivity index (χ2n) is 3.62. The number of primary amides is 1. The first-order chi connectivity index (χ1) is 8.99. The second kappa shape index (κ2) is 5.19. The Morgan fingerprint density at radius 2 is 2.11 bits per heavy atom. The SMILES string of the molecule is CC(=O)Oc1ccc(Br)c(-c2n[nH]nc2C(N)=O)c1. The molecule has 3 N–H and O–H groups in total. The summed E-state index contributed by atoms with van der Waals surface area (Å²) in [7, 11) is 0. The van der Waals surface area contributed by atoms with Crippen LogP contribution < -0.4 is 10.5 Å². The molecule has 0 aliphatic rings. The molecule has 1 aromatic carbocycles. The first-order valence-electron chi connectivity index (χ1n) is 5.18. The number of benzene rings is 1. The summed E-state index contributed by atoms with van der Waals surface area (Å²) >= 11 is 3.33. The third-order valence-electron chi connectivity index (χ3n) is 2.24. The van der Waals surface area contributed by atoms with Gasteiger partial charge in [-0.25, -0.2) is 0 Å². The maximum Gasteiger partial charge on any atom is 0.308 e. The van der Waals surface area contributed by atoms with Crippen molar-refractivity contribution in [1.29, 1.82) is 0 Å². The molecule has 0 saturated heterocycles. The lowest BCUT2D eigenvalue weighted by Crippen LogP contribution is -2.13. The van der Waals surface area contributed by atoms with Gasteiger partial charge in [-0.1, -0.05) is 15.9 Å². The fourth-order valence-corrected chi connectivity index (χ4v) is 1.94. The van der Waals surface area contributed by atoms with Crippen LogP contribution in [0, 0.1) is 0 Å². The first-order valence-corrected chi connectivity index (χ1v) is 5.97. The van der Waals surface area contributed by atoms with Crippen molar-refractivity contribution in [3.8, 4) is 17.0 Å². The van der Waals surface area contributed by atoms with Crippen LogP contribution in [0.5, 0.6) is 5.75 Å². The van der Waals surface area contributed by atoms with Crippen molar-refractivity contribution in [2.24, 2.45) is 5.73 Å². The van der Waals surface area contributed by atoms with E-state index in [1.165, 1.54) is 6.92 Å². The van der Waals surface area contributed by atoms with Gasteiger partial charge >= 0.3 is 5.97 Å². The Kier molecular flexibility index (Phi) is 3.61. The van der Waals surface area contributed by atoms with E-state index in [9.17, 15) is 9.59 Å². The van der Waals surface area contributed by atoms with E-state index in [-0.39, 0.29) is 11.4 Å². The molecule has 0 aliphatic carbocycles. The molecule has 0 fully saturated rings. The molecule has 98 valence electrons. The van der Waals surface area contributed by atoms with Crippen LogP contribution in [-0.4, -0.2) is 27.3 Å². The smallest absolute Gasteiger partial charge is 0.308 e. The molecule has 1 amide bonds. The number of nitrogens with one attached hydrogen (secondary N) is 1. The Balaban J connectivity index is 2.51. The van der Waals surface area contributed by atoms with Crippen molar-refractivity contribution >= 4 is 27.8 Å². The minimum atomic E-state index is -0.700. The summed E-state index contributed by atoms with van der Waals surface area (Å²) in [6.07, 6.45) is 0. The minimum absolute atomic E-state index is 0.0145. The Hall–Kier alpha value is -2.22. The zero-order valence-electron chi connectivity index (χ0n) is 9.81. The molecule has 2 aromatic rings. The van der Waals surface area contributed by atoms with Gasteiger partial charge in [-0.3, -0.25) is 9.59 Å². The first kappa shape index (κ1) is 13.2. The molecule has 0 aliphatic heterocycles. The van der Waals surface area contributed by atoms with Gasteiger partial charge in [0.15, 0.2) is 5.69 Å². The van der Waals surface area contributed by atoms with Crippen LogP contribution in [0.1, 0.15) is 17.4 Å². The van der Waals surface area contributed by atoms with Crippen LogP contribution in [0.3, 0.4) is 0 Å². The molecular weight excluding hydrogens is 316 g/mol. The number of esters is 1. The maximum absolute atomic E-state index is 11.2. The monoisotopic (exact) mass is 324 g/mol. The molecule has 1 aromatic heterocycles. The molecule has 0 radical (unpaired) electrons. The van der Waals surface area contributed by atoms with Gasteiger partial charge in [0.1, 0.15) is 11.4 Å². The number of nitrogens with two attached hydrogens (primary N) is 1. The van der Waals surface area contributed by atoms with Crippen molar-refractivity contribution in [1.82, 2.24) is 15.4 Å². The van der Waals surface area contributed by atoms with E-state index in [0.29, 0.717) is 15.8 Å². The number of aromatic amines is 1. The van der Waals surface area contributed by atoms with Crippen molar-refractivity contribution in [3.05, 3.63) is 28.4 Å². The number of carbonyl (C=O) groups is 2. The highest BCUT2D eigenvalue weighted by molar-refractivity contribution is 9.10. The van der Waals surface area contributed by atoms with Gasteiger partial charge in [0.2, 0.25) is 0 Å². The summed E-state index contributed by atoms with van der Waals surface area (Å²) in [5.74, 6) is -0.804. The van der Waals surface area contributed by atoms with E-state index < -0.39 is 11.9 Å². The third-order valence-corrected chi connectivity index (χ3v) is 2.93. The van der Waals surface area contributed by atoms with Crippen LogP contribution in [0.15, 0.2) is 22.7 Å². The molecule has 0 bridgehead atoms. The van der Waals surface area contributed by atoms with Crippen molar-refractivity contribution in [2.75, 3.05) is 0 Å². The van der Waals surface area contributed by atoms with E-state index >= 15 is 0 Å². The molecule has 19 heavy (non-hydrogen) atoms. The van der Waals surface area contributed by atoms with E-state index in [0.717, 1.165) is 0 Å². The summed E-state index contributed by atoms with van der Waals surface area (Å²) < 4.78 is 5.64. The number of halogens is 1. The fourth-order valence-electron chi connectivity index (χ4n) is 1.51. The second-order valence-corrected chi connectivity index (χ2v) is 4.47. The topological polar surface area (TPSA) is 111 Å². The van der Waals surface area contributed by atoms with Crippen LogP contribution in [0.4, 0.5) is 0 Å². The number of H-pyrrole nitrogens is 1. The van der Waals surface area contributed by atoms with Crippen LogP contribution >= 0.6 is 15.9 Å². The summed E-state index contributed by atoms with van der Waals surface area (Å²) in [6, 6.07) is 4.85. The molecule has 0 atom stereocenters. The molecule has 0 spiro atoms. The van der Waals surface area contributed by atoms with E-state index in [2.05, 4.69) is 31.3 Å². The highest BCUT2D eigenvalue weighted by atomic mass is 79.9. The number of hydrogen-bond donors (Lipinski definition) is 2. The van der Waals surface area contributed by atoms with Gasteiger partial charge in [-0.15, -0.1) is 0 Å². The van der Waals surface area contributed by atoms with Gasteiger partial charge < -0.3 is 10.5 Å². The predicted molar refractivity (Wildman–Crippen MR) is 69.3 cm³/mol. The fraction of sp³-hybridized carbons (Fsp3) is 0.0909. The number of carbonyl (C=O) groups excluding carboxylic acids is 2. The zero-order chi connectivity index (χ0) is 14.0. The van der Waals surface area contributed by atoms with Gasteiger partial charge in [0, 0.05) is 17.0 Å². The predicted octanol–water partition coefficient (Wildman–Crippen LogP) is 1.26. The third kappa shape index (κ3) is 2.79. The summed E-state index contributed by atoms with van der Waals surface area (Å²) in [6.45, 7) is 1.30. The Morgan fingerprint density at radius 3 is 2.74 bits per heavy atom. The number of rotatable bonds is 3. The number of aromatic nitrogens is 3. The Bertz CT molecular complexity index is 653. The summed E-state index contributed by atoms with van der Waals surface area (Å²) in [5, 5.41) is 9.90. The van der Waals surface area contributed by atoms with Crippen molar-refractivity contribution < 1.29 is 14.3 Å². The molecule has 0 unspecified atom stereocenters. The van der Waals surface area contributed by atoms with Crippen LogP contribution in [0.2, 0.25) is 0 Å². The minimum Gasteiger partial charge on any atom is -0.427 e. The lowest BCUT2D eigenvalue weighted by molar-refractivity contribution is -0.131. The Morgan fingerprint density at radius 1 is 1.37 bits per heavy atom. The van der Waals surface area contributed by atoms with E-state index in [1.807, 2.05) is 0 Å². The standard InChI is InChI=1S/C11H9BrN4O3/c1-5(17)19-6-2-3-8(12)7(4-6)9-10(11(13)18)15-16-14-9/h2-4H,1H3,(H2,13,18)(H,14,15,16). The summed E-state index contributed by atoms with van der Waals surface area (Å²) in [5.41, 5.74) is 6.05. The zero-order valence-corrected chi connectivity index (χ0v) is 11.4. The van der Waals surface area contributed by atoms with Crippen molar-refractivity contribution in [2.45, 2.75) is 6.92 Å². The molecule has 7 nitrogen and oxygen atoms in total. The van der Waals surface area contributed by atoms with Crippen LogP contribution in [-0.2, 0) is 4.79 Å². The quantitative estimate of drug-likeness (QED) is 0.652. The number of amides is 1.